The van der Waals surface area contributed by atoms with Crippen LogP contribution < -0.4 is 5.32 Å². The van der Waals surface area contributed by atoms with Gasteiger partial charge >= 0.3 is 0 Å². The molecule has 1 aromatic carbocycles. The van der Waals surface area contributed by atoms with Crippen LogP contribution in [0.2, 0.25) is 0 Å². The second-order valence-electron chi connectivity index (χ2n) is 5.33. The molecule has 0 saturated carbocycles. The van der Waals surface area contributed by atoms with Crippen LogP contribution in [0, 0.1) is 16.0 Å². The molecule has 0 radical (unpaired) electrons. The molecule has 6 heteroatoms. The minimum Gasteiger partial charge on any atom is -0.319 e. The Hall–Kier alpha value is -0.980. The number of benzene rings is 1. The van der Waals surface area contributed by atoms with Gasteiger partial charge in [-0.2, -0.15) is 0 Å². The van der Waals surface area contributed by atoms with E-state index < -0.39 is 0 Å². The molecule has 1 aromatic rings. The normalized spacial score (nSPS) is 20.0. The van der Waals surface area contributed by atoms with E-state index in [1.54, 1.807) is 6.07 Å². The van der Waals surface area contributed by atoms with Gasteiger partial charge in [-0.3, -0.25) is 15.0 Å². The summed E-state index contributed by atoms with van der Waals surface area (Å²) in [7, 11) is 1.97. The minimum atomic E-state index is -0.297. The molecule has 0 aliphatic carbocycles. The number of nitro benzene ring substituents is 1. The SMILES string of the molecule is CNCC1CCCN(Cc2ccc(Br)cc2[N+](=O)[O-])C1. The number of nitrogens with one attached hydrogen (secondary N) is 1. The van der Waals surface area contributed by atoms with Crippen molar-refractivity contribution >= 4 is 21.6 Å². The van der Waals surface area contributed by atoms with Crippen molar-refractivity contribution in [1.29, 1.82) is 0 Å². The number of hydrogen-bond acceptors (Lipinski definition) is 4. The predicted molar refractivity (Wildman–Crippen MR) is 82.7 cm³/mol. The van der Waals surface area contributed by atoms with Gasteiger partial charge in [-0.25, -0.2) is 0 Å². The molecule has 20 heavy (non-hydrogen) atoms. The molecule has 0 amide bonds. The Kier molecular flexibility index (Phi) is 5.51. The van der Waals surface area contributed by atoms with E-state index in [9.17, 15) is 10.1 Å². The van der Waals surface area contributed by atoms with Crippen molar-refractivity contribution in [2.75, 3.05) is 26.7 Å². The van der Waals surface area contributed by atoms with Crippen LogP contribution in [0.4, 0.5) is 5.69 Å². The Labute approximate surface area is 127 Å². The maximum atomic E-state index is 11.1. The number of nitrogens with zero attached hydrogens (tertiary/aromatic N) is 2. The number of nitro groups is 1. The van der Waals surface area contributed by atoms with Gasteiger partial charge in [-0.1, -0.05) is 15.9 Å². The van der Waals surface area contributed by atoms with E-state index in [2.05, 4.69) is 26.1 Å². The van der Waals surface area contributed by atoms with Crippen molar-refractivity contribution in [3.8, 4) is 0 Å². The van der Waals surface area contributed by atoms with E-state index in [-0.39, 0.29) is 10.6 Å². The van der Waals surface area contributed by atoms with Gasteiger partial charge in [0.05, 0.1) is 4.92 Å². The summed E-state index contributed by atoms with van der Waals surface area (Å²) in [5.74, 6) is 0.642. The van der Waals surface area contributed by atoms with Crippen LogP contribution in [0.3, 0.4) is 0 Å². The third-order valence-corrected chi connectivity index (χ3v) is 4.23. The standard InChI is InChI=1S/C14H20BrN3O2/c1-16-8-11-3-2-6-17(9-11)10-12-4-5-13(15)7-14(12)18(19)20/h4-5,7,11,16H,2-3,6,8-10H2,1H3. The fourth-order valence-electron chi connectivity index (χ4n) is 2.83. The number of hydrogen-bond donors (Lipinski definition) is 1. The number of halogens is 1. The Bertz CT molecular complexity index is 479. The second kappa shape index (κ2) is 7.15. The summed E-state index contributed by atoms with van der Waals surface area (Å²) in [4.78, 5) is 13.2. The largest absolute Gasteiger partial charge is 0.319 e. The average molecular weight is 342 g/mol. The van der Waals surface area contributed by atoms with E-state index in [0.29, 0.717) is 12.5 Å². The Morgan fingerprint density at radius 2 is 2.35 bits per heavy atom. The van der Waals surface area contributed by atoms with Gasteiger partial charge < -0.3 is 5.32 Å². The van der Waals surface area contributed by atoms with Gasteiger partial charge in [0, 0.05) is 29.2 Å². The molecule has 1 aliphatic heterocycles. The molecule has 1 fully saturated rings. The summed E-state index contributed by atoms with van der Waals surface area (Å²) in [6.07, 6.45) is 2.40. The van der Waals surface area contributed by atoms with E-state index in [0.717, 1.165) is 36.1 Å². The quantitative estimate of drug-likeness (QED) is 0.660. The molecule has 0 aromatic heterocycles. The maximum absolute atomic E-state index is 11.1. The Balaban J connectivity index is 2.07. The number of rotatable bonds is 5. The molecule has 1 saturated heterocycles. The number of likely N-dealkylation sites (tertiary alicyclic amines) is 1. The zero-order chi connectivity index (χ0) is 14.5. The molecule has 1 N–H and O–H groups in total. The van der Waals surface area contributed by atoms with Crippen LogP contribution in [-0.2, 0) is 6.54 Å². The van der Waals surface area contributed by atoms with Crippen LogP contribution >= 0.6 is 15.9 Å². The molecule has 2 rings (SSSR count). The highest BCUT2D eigenvalue weighted by Gasteiger charge is 2.22. The van der Waals surface area contributed by atoms with Gasteiger partial charge in [0.2, 0.25) is 0 Å². The second-order valence-corrected chi connectivity index (χ2v) is 6.25. The smallest absolute Gasteiger partial charge is 0.275 e. The molecule has 0 bridgehead atoms. The van der Waals surface area contributed by atoms with E-state index in [1.807, 2.05) is 19.2 Å². The van der Waals surface area contributed by atoms with Crippen molar-refractivity contribution in [2.45, 2.75) is 19.4 Å². The molecule has 0 spiro atoms. The zero-order valence-electron chi connectivity index (χ0n) is 11.6. The van der Waals surface area contributed by atoms with Crippen molar-refractivity contribution < 1.29 is 4.92 Å². The molecule has 5 nitrogen and oxygen atoms in total. The van der Waals surface area contributed by atoms with Gasteiger partial charge in [0.25, 0.3) is 5.69 Å². The first-order chi connectivity index (χ1) is 9.60. The lowest BCUT2D eigenvalue weighted by molar-refractivity contribution is -0.385. The van der Waals surface area contributed by atoms with Crippen LogP contribution in [0.1, 0.15) is 18.4 Å². The summed E-state index contributed by atoms with van der Waals surface area (Å²) in [6.45, 7) is 3.70. The summed E-state index contributed by atoms with van der Waals surface area (Å²) < 4.78 is 0.750. The van der Waals surface area contributed by atoms with E-state index in [4.69, 9.17) is 0 Å². The monoisotopic (exact) mass is 341 g/mol. The van der Waals surface area contributed by atoms with E-state index in [1.165, 1.54) is 6.42 Å². The molecular formula is C14H20BrN3O2. The zero-order valence-corrected chi connectivity index (χ0v) is 13.2. The van der Waals surface area contributed by atoms with Gasteiger partial charge in [-0.05, 0) is 51.0 Å². The van der Waals surface area contributed by atoms with Crippen molar-refractivity contribution in [1.82, 2.24) is 10.2 Å². The highest BCUT2D eigenvalue weighted by atomic mass is 79.9. The van der Waals surface area contributed by atoms with Gasteiger partial charge in [-0.15, -0.1) is 0 Å². The summed E-state index contributed by atoms with van der Waals surface area (Å²) >= 11 is 3.29. The van der Waals surface area contributed by atoms with Crippen LogP contribution in [0.25, 0.3) is 0 Å². The first kappa shape index (κ1) is 15.4. The molecule has 1 aliphatic rings. The molecule has 1 atom stereocenters. The average Bonchev–Trinajstić information content (AvgIpc) is 2.41. The predicted octanol–water partition coefficient (Wildman–Crippen LogP) is 2.79. The third-order valence-electron chi connectivity index (χ3n) is 3.73. The lowest BCUT2D eigenvalue weighted by Gasteiger charge is -2.32. The topological polar surface area (TPSA) is 58.4 Å². The Morgan fingerprint density at radius 1 is 1.55 bits per heavy atom. The first-order valence-electron chi connectivity index (χ1n) is 6.90. The highest BCUT2D eigenvalue weighted by molar-refractivity contribution is 9.10. The van der Waals surface area contributed by atoms with Crippen LogP contribution in [-0.4, -0.2) is 36.5 Å². The van der Waals surface area contributed by atoms with Gasteiger partial charge in [0.1, 0.15) is 0 Å². The molecule has 1 unspecified atom stereocenters. The molecule has 1 heterocycles. The fraction of sp³-hybridized carbons (Fsp3) is 0.571. The maximum Gasteiger partial charge on any atom is 0.275 e. The van der Waals surface area contributed by atoms with Crippen LogP contribution in [0.5, 0.6) is 0 Å². The van der Waals surface area contributed by atoms with Crippen LogP contribution in [0.15, 0.2) is 22.7 Å². The lowest BCUT2D eigenvalue weighted by atomic mass is 9.97. The summed E-state index contributed by atoms with van der Waals surface area (Å²) in [5, 5.41) is 14.4. The third kappa shape index (κ3) is 4.01. The van der Waals surface area contributed by atoms with Crippen molar-refractivity contribution in [3.05, 3.63) is 38.3 Å². The van der Waals surface area contributed by atoms with Gasteiger partial charge in [0.15, 0.2) is 0 Å². The lowest BCUT2D eigenvalue weighted by Crippen LogP contribution is -2.38. The molecule has 110 valence electrons. The summed E-state index contributed by atoms with van der Waals surface area (Å²) in [6, 6.07) is 5.31. The Morgan fingerprint density at radius 3 is 3.05 bits per heavy atom. The highest BCUT2D eigenvalue weighted by Crippen LogP contribution is 2.26. The van der Waals surface area contributed by atoms with E-state index >= 15 is 0 Å². The van der Waals surface area contributed by atoms with Crippen molar-refractivity contribution in [3.63, 3.8) is 0 Å². The first-order valence-corrected chi connectivity index (χ1v) is 7.69. The fourth-order valence-corrected chi connectivity index (χ4v) is 3.18. The minimum absolute atomic E-state index is 0.204. The molecular weight excluding hydrogens is 322 g/mol. The number of piperidine rings is 1. The summed E-state index contributed by atoms with van der Waals surface area (Å²) in [5.41, 5.74) is 0.999. The van der Waals surface area contributed by atoms with Crippen molar-refractivity contribution in [2.24, 2.45) is 5.92 Å².